The fourth-order valence-corrected chi connectivity index (χ4v) is 10.7. The van der Waals surface area contributed by atoms with Gasteiger partial charge in [-0.2, -0.15) is 0 Å². The molecule has 0 aliphatic rings. The lowest BCUT2D eigenvalue weighted by Gasteiger charge is -2.14. The van der Waals surface area contributed by atoms with E-state index >= 15 is 0 Å². The first kappa shape index (κ1) is 34.0. The lowest BCUT2D eigenvalue weighted by atomic mass is 9.97. The molecular formula is C56H34N4S. The molecule has 4 aromatic heterocycles. The molecule has 0 aliphatic heterocycles. The van der Waals surface area contributed by atoms with Crippen LogP contribution in [0.2, 0.25) is 0 Å². The Morgan fingerprint density at radius 2 is 1.05 bits per heavy atom. The molecule has 0 amide bonds. The number of para-hydroxylation sites is 2. The molecule has 9 aromatic carbocycles. The second kappa shape index (κ2) is 13.3. The van der Waals surface area contributed by atoms with Crippen LogP contribution in [0.1, 0.15) is 0 Å². The van der Waals surface area contributed by atoms with Crippen LogP contribution in [0.25, 0.3) is 120 Å². The Kier molecular flexibility index (Phi) is 7.44. The molecule has 5 heteroatoms. The molecule has 0 fully saturated rings. The predicted octanol–water partition coefficient (Wildman–Crippen LogP) is 15.2. The minimum absolute atomic E-state index is 0.705. The summed E-state index contributed by atoms with van der Waals surface area (Å²) in [5, 5.41) is 9.48. The van der Waals surface area contributed by atoms with Gasteiger partial charge in [0.2, 0.25) is 0 Å². The van der Waals surface area contributed by atoms with Gasteiger partial charge in [-0.25, -0.2) is 9.97 Å². The van der Waals surface area contributed by atoms with Crippen LogP contribution in [0.15, 0.2) is 206 Å². The third-order valence-electron chi connectivity index (χ3n) is 12.3. The molecule has 0 radical (unpaired) electrons. The van der Waals surface area contributed by atoms with Crippen molar-refractivity contribution in [3.63, 3.8) is 0 Å². The van der Waals surface area contributed by atoms with Crippen molar-refractivity contribution in [2.45, 2.75) is 0 Å². The Hall–Kier alpha value is -7.86. The van der Waals surface area contributed by atoms with Gasteiger partial charge < -0.3 is 4.57 Å². The molecule has 0 N–H and O–H groups in total. The summed E-state index contributed by atoms with van der Waals surface area (Å²) in [5.74, 6) is 1.59. The molecule has 0 unspecified atom stereocenters. The van der Waals surface area contributed by atoms with Gasteiger partial charge in [-0.15, -0.1) is 11.3 Å². The van der Waals surface area contributed by atoms with E-state index in [-0.39, 0.29) is 0 Å². The Morgan fingerprint density at radius 1 is 0.377 bits per heavy atom. The van der Waals surface area contributed by atoms with Crippen LogP contribution >= 0.6 is 11.3 Å². The summed E-state index contributed by atoms with van der Waals surface area (Å²) in [6, 6.07) is 74.3. The summed E-state index contributed by atoms with van der Waals surface area (Å²) >= 11 is 1.81. The SMILES string of the molecule is c1ccc(-c2nc(-n3c4ccc(-c5cccc6c5c5ccccc5n6-c5ccccc5)cc4c4cc5ccccc5cc43)c3c(ccc4cc(-c5ccccc5)sc43)n2)cc1. The number of rotatable bonds is 5. The van der Waals surface area contributed by atoms with Gasteiger partial charge in [-0.1, -0.05) is 146 Å². The summed E-state index contributed by atoms with van der Waals surface area (Å²) in [6.45, 7) is 0. The highest BCUT2D eigenvalue weighted by Gasteiger charge is 2.23. The molecule has 0 atom stereocenters. The van der Waals surface area contributed by atoms with E-state index in [1.807, 2.05) is 17.4 Å². The highest BCUT2D eigenvalue weighted by Crippen LogP contribution is 2.45. The fraction of sp³-hybridized carbons (Fsp3) is 0. The molecule has 0 aliphatic carbocycles. The number of fused-ring (bicyclic) bond motifs is 10. The number of aromatic nitrogens is 4. The Bertz CT molecular complexity index is 3860. The van der Waals surface area contributed by atoms with E-state index in [9.17, 15) is 0 Å². The topological polar surface area (TPSA) is 35.6 Å². The third-order valence-corrected chi connectivity index (χ3v) is 13.5. The molecule has 0 bridgehead atoms. The summed E-state index contributed by atoms with van der Waals surface area (Å²) in [5.41, 5.74) is 11.2. The van der Waals surface area contributed by atoms with Crippen molar-refractivity contribution < 1.29 is 0 Å². The predicted molar refractivity (Wildman–Crippen MR) is 257 cm³/mol. The lowest BCUT2D eigenvalue weighted by molar-refractivity contribution is 1.08. The summed E-state index contributed by atoms with van der Waals surface area (Å²) in [6.07, 6.45) is 0. The molecular weight excluding hydrogens is 761 g/mol. The average Bonchev–Trinajstić information content (AvgIpc) is 4.01. The van der Waals surface area contributed by atoms with Gasteiger partial charge in [0.05, 0.1) is 33.0 Å². The first-order chi connectivity index (χ1) is 30.2. The zero-order chi connectivity index (χ0) is 40.0. The van der Waals surface area contributed by atoms with E-state index in [4.69, 9.17) is 9.97 Å². The number of nitrogens with zero attached hydrogens (tertiary/aromatic N) is 4. The number of thiophene rings is 1. The van der Waals surface area contributed by atoms with Crippen molar-refractivity contribution in [3.05, 3.63) is 206 Å². The van der Waals surface area contributed by atoms with Crippen LogP contribution in [-0.4, -0.2) is 19.1 Å². The first-order valence-corrected chi connectivity index (χ1v) is 21.5. The zero-order valence-electron chi connectivity index (χ0n) is 32.8. The van der Waals surface area contributed by atoms with Gasteiger partial charge >= 0.3 is 0 Å². The number of hydrogen-bond acceptors (Lipinski definition) is 3. The second-order valence-electron chi connectivity index (χ2n) is 15.8. The average molecular weight is 795 g/mol. The number of benzene rings is 9. The largest absolute Gasteiger partial charge is 0.309 e. The van der Waals surface area contributed by atoms with Crippen molar-refractivity contribution >= 4 is 86.7 Å². The molecule has 4 heterocycles. The Labute approximate surface area is 354 Å². The summed E-state index contributed by atoms with van der Waals surface area (Å²) < 4.78 is 5.98. The Balaban J connectivity index is 1.13. The molecule has 0 spiro atoms. The molecule has 0 saturated carbocycles. The molecule has 13 rings (SSSR count). The third kappa shape index (κ3) is 5.24. The monoisotopic (exact) mass is 794 g/mol. The van der Waals surface area contributed by atoms with Crippen LogP contribution in [0, 0.1) is 0 Å². The van der Waals surface area contributed by atoms with Crippen molar-refractivity contribution in [2.75, 3.05) is 0 Å². The van der Waals surface area contributed by atoms with E-state index in [2.05, 4.69) is 209 Å². The van der Waals surface area contributed by atoms with Crippen LogP contribution in [0.3, 0.4) is 0 Å². The molecule has 13 aromatic rings. The van der Waals surface area contributed by atoms with E-state index < -0.39 is 0 Å². The van der Waals surface area contributed by atoms with Crippen LogP contribution in [-0.2, 0) is 0 Å². The van der Waals surface area contributed by atoms with Gasteiger partial charge in [0.1, 0.15) is 0 Å². The van der Waals surface area contributed by atoms with E-state index in [0.29, 0.717) is 5.82 Å². The maximum atomic E-state index is 5.57. The van der Waals surface area contributed by atoms with Crippen molar-refractivity contribution in [1.29, 1.82) is 0 Å². The minimum Gasteiger partial charge on any atom is -0.309 e. The molecule has 0 saturated heterocycles. The fourth-order valence-electron chi connectivity index (χ4n) is 9.54. The quantitative estimate of drug-likeness (QED) is 0.174. The van der Waals surface area contributed by atoms with Crippen LogP contribution in [0.4, 0.5) is 0 Å². The van der Waals surface area contributed by atoms with Crippen LogP contribution in [0.5, 0.6) is 0 Å². The van der Waals surface area contributed by atoms with Gasteiger partial charge in [-0.3, -0.25) is 4.57 Å². The van der Waals surface area contributed by atoms with Gasteiger partial charge in [0.25, 0.3) is 0 Å². The van der Waals surface area contributed by atoms with Crippen LogP contribution < -0.4 is 0 Å². The minimum atomic E-state index is 0.705. The summed E-state index contributed by atoms with van der Waals surface area (Å²) in [7, 11) is 0. The van der Waals surface area contributed by atoms with Crippen molar-refractivity contribution in [1.82, 2.24) is 19.1 Å². The molecule has 61 heavy (non-hydrogen) atoms. The van der Waals surface area contributed by atoms with Crippen molar-refractivity contribution in [2.24, 2.45) is 0 Å². The van der Waals surface area contributed by atoms with Crippen molar-refractivity contribution in [3.8, 4) is 44.5 Å². The standard InChI is InChI=1S/C56H34N4S/c1-4-15-35(16-5-1)51-34-40-27-29-46-53(54(40)61-51)56(58-55(57-46)36-17-6-2-7-18-36)60-48-30-28-39(32-44(48)45-31-37-19-10-11-20-38(37)33-50(45)60)42-24-14-26-49-52(42)43-23-12-13-25-47(43)59(49)41-21-8-3-9-22-41/h1-34H. The van der Waals surface area contributed by atoms with Gasteiger partial charge in [0.15, 0.2) is 11.6 Å². The van der Waals surface area contributed by atoms with Gasteiger partial charge in [-0.05, 0) is 93.5 Å². The Morgan fingerprint density at radius 3 is 1.87 bits per heavy atom. The highest BCUT2D eigenvalue weighted by atomic mass is 32.1. The first-order valence-electron chi connectivity index (χ1n) is 20.7. The molecule has 4 nitrogen and oxygen atoms in total. The number of hydrogen-bond donors (Lipinski definition) is 0. The normalized spacial score (nSPS) is 11.9. The van der Waals surface area contributed by atoms with Gasteiger partial charge in [0, 0.05) is 42.4 Å². The second-order valence-corrected chi connectivity index (χ2v) is 16.8. The lowest BCUT2D eigenvalue weighted by Crippen LogP contribution is -2.03. The maximum Gasteiger partial charge on any atom is 0.162 e. The van der Waals surface area contributed by atoms with E-state index in [1.54, 1.807) is 0 Å². The maximum absolute atomic E-state index is 5.57. The molecule has 284 valence electrons. The zero-order valence-corrected chi connectivity index (χ0v) is 33.6. The highest BCUT2D eigenvalue weighted by molar-refractivity contribution is 7.23. The van der Waals surface area contributed by atoms with E-state index in [1.165, 1.54) is 75.0 Å². The smallest absolute Gasteiger partial charge is 0.162 e. The summed E-state index contributed by atoms with van der Waals surface area (Å²) in [4.78, 5) is 12.1. The van der Waals surface area contributed by atoms with E-state index in [0.717, 1.165) is 39.0 Å².